The van der Waals surface area contributed by atoms with Gasteiger partial charge in [0.05, 0.1) is 0 Å². The normalized spacial score (nSPS) is 21.3. The predicted octanol–water partition coefficient (Wildman–Crippen LogP) is 13.5. The lowest BCUT2D eigenvalue weighted by molar-refractivity contribution is 0.0581. The first-order valence-electron chi connectivity index (χ1n) is 20.7. The fourth-order valence-electron chi connectivity index (χ4n) is 8.40. The second-order valence-electron chi connectivity index (χ2n) is 16.8. The van der Waals surface area contributed by atoms with Crippen molar-refractivity contribution in [1.29, 1.82) is 0 Å². The summed E-state index contributed by atoms with van der Waals surface area (Å²) in [6.07, 6.45) is 41.8. The van der Waals surface area contributed by atoms with Gasteiger partial charge in [0.2, 0.25) is 0 Å². The second-order valence-corrected chi connectivity index (χ2v) is 16.8. The molecule has 1 aliphatic rings. The van der Waals surface area contributed by atoms with Crippen LogP contribution in [0.25, 0.3) is 0 Å². The quantitative estimate of drug-likeness (QED) is 0.0787. The van der Waals surface area contributed by atoms with Crippen LogP contribution in [0.3, 0.4) is 0 Å². The van der Waals surface area contributed by atoms with Crippen molar-refractivity contribution in [3.05, 3.63) is 0 Å². The Morgan fingerprint density at radius 3 is 1.20 bits per heavy atom. The Labute approximate surface area is 279 Å². The van der Waals surface area contributed by atoms with Gasteiger partial charge in [-0.25, -0.2) is 0 Å². The third-order valence-corrected chi connectivity index (χ3v) is 12.4. The molecule has 0 aromatic heterocycles. The molecule has 0 saturated heterocycles. The zero-order valence-electron chi connectivity index (χ0n) is 31.7. The van der Waals surface area contributed by atoms with Crippen LogP contribution < -0.4 is 11.5 Å². The fraction of sp³-hybridized carbons (Fsp3) is 1.00. The van der Waals surface area contributed by atoms with Gasteiger partial charge < -0.3 is 11.5 Å². The fourth-order valence-corrected chi connectivity index (χ4v) is 8.40. The lowest BCUT2D eigenvalue weighted by atomic mass is 9.61. The molecule has 0 heterocycles. The van der Waals surface area contributed by atoms with Gasteiger partial charge in [0, 0.05) is 5.54 Å². The number of hydrogen-bond donors (Lipinski definition) is 2. The van der Waals surface area contributed by atoms with Crippen LogP contribution in [-0.4, -0.2) is 12.1 Å². The summed E-state index contributed by atoms with van der Waals surface area (Å²) >= 11 is 0. The highest BCUT2D eigenvalue weighted by Gasteiger charge is 2.38. The van der Waals surface area contributed by atoms with Crippen molar-refractivity contribution in [1.82, 2.24) is 0 Å². The van der Waals surface area contributed by atoms with Crippen molar-refractivity contribution >= 4 is 0 Å². The summed E-state index contributed by atoms with van der Waals surface area (Å²) in [6, 6.07) is 0. The van der Waals surface area contributed by atoms with Gasteiger partial charge in [-0.05, 0) is 88.0 Å². The summed E-state index contributed by atoms with van der Waals surface area (Å²) in [6.45, 7) is 14.7. The van der Waals surface area contributed by atoms with E-state index in [-0.39, 0.29) is 11.0 Å². The van der Waals surface area contributed by atoms with Gasteiger partial charge in [-0.1, -0.05) is 175 Å². The van der Waals surface area contributed by atoms with E-state index < -0.39 is 0 Å². The van der Waals surface area contributed by atoms with Gasteiger partial charge in [0.25, 0.3) is 0 Å². The largest absolute Gasteiger partial charge is 0.330 e. The average Bonchev–Trinajstić information content (AvgIpc) is 2.98. The molecule has 264 valence electrons. The van der Waals surface area contributed by atoms with Crippen LogP contribution in [-0.2, 0) is 0 Å². The third-order valence-electron chi connectivity index (χ3n) is 12.4. The Morgan fingerprint density at radius 2 is 0.795 bits per heavy atom. The van der Waals surface area contributed by atoms with Crippen molar-refractivity contribution < 1.29 is 0 Å². The monoisotopic (exact) mass is 619 g/mol. The van der Waals surface area contributed by atoms with Gasteiger partial charge in [0.1, 0.15) is 0 Å². The molecule has 0 spiro atoms. The summed E-state index contributed by atoms with van der Waals surface area (Å²) in [5.41, 5.74) is 12.3. The molecule has 4 unspecified atom stereocenters. The minimum Gasteiger partial charge on any atom is -0.330 e. The highest BCUT2D eigenvalue weighted by molar-refractivity contribution is 4.90. The van der Waals surface area contributed by atoms with E-state index in [1.807, 2.05) is 0 Å². The van der Waals surface area contributed by atoms with E-state index in [0.717, 1.165) is 30.2 Å². The molecule has 0 aromatic rings. The van der Waals surface area contributed by atoms with E-state index in [9.17, 15) is 0 Å². The molecule has 1 saturated carbocycles. The van der Waals surface area contributed by atoms with E-state index in [1.54, 1.807) is 6.42 Å². The summed E-state index contributed by atoms with van der Waals surface area (Å²) in [5.74, 6) is 4.07. The van der Waals surface area contributed by atoms with E-state index in [1.165, 1.54) is 180 Å². The molecule has 0 aliphatic heterocycles. The second kappa shape index (κ2) is 25.9. The summed E-state index contributed by atoms with van der Waals surface area (Å²) in [4.78, 5) is 0. The molecule has 0 amide bonds. The standard InChI is InChI=1S/C42H86N2/c1-7-9-11-13-19-25-31-39-37(29-23-12-10-8-2)33-34-38(30-24-18-15-17-22-28-36-43)40(39)32-26-20-14-16-21-27-35-41(3,4)42(5,6)44/h37-40H,7-36,43-44H2,1-6H3. The van der Waals surface area contributed by atoms with Gasteiger partial charge >= 0.3 is 0 Å². The zero-order valence-corrected chi connectivity index (χ0v) is 31.7. The van der Waals surface area contributed by atoms with Gasteiger partial charge in [-0.3, -0.25) is 0 Å². The number of hydrogen-bond acceptors (Lipinski definition) is 2. The highest BCUT2D eigenvalue weighted by atomic mass is 14.7. The maximum Gasteiger partial charge on any atom is 0.0148 e. The smallest absolute Gasteiger partial charge is 0.0148 e. The molecule has 2 heteroatoms. The Kier molecular flexibility index (Phi) is 24.7. The van der Waals surface area contributed by atoms with E-state index in [2.05, 4.69) is 41.5 Å². The van der Waals surface area contributed by atoms with Crippen LogP contribution in [0.4, 0.5) is 0 Å². The lowest BCUT2D eigenvalue weighted by Crippen LogP contribution is -2.47. The van der Waals surface area contributed by atoms with Crippen molar-refractivity contribution in [2.24, 2.45) is 40.6 Å². The molecule has 1 rings (SSSR count). The molecule has 4 atom stereocenters. The Bertz CT molecular complexity index is 618. The van der Waals surface area contributed by atoms with Crippen molar-refractivity contribution in [2.45, 2.75) is 233 Å². The molecule has 4 N–H and O–H groups in total. The van der Waals surface area contributed by atoms with Crippen molar-refractivity contribution in [3.8, 4) is 0 Å². The number of nitrogens with two attached hydrogens (primary N) is 2. The van der Waals surface area contributed by atoms with Crippen LogP contribution in [0.1, 0.15) is 228 Å². The Morgan fingerprint density at radius 1 is 0.455 bits per heavy atom. The Balaban J connectivity index is 2.70. The molecule has 2 nitrogen and oxygen atoms in total. The zero-order chi connectivity index (χ0) is 32.5. The minimum absolute atomic E-state index is 0.0894. The number of unbranched alkanes of at least 4 members (excludes halogenated alkanes) is 18. The molecule has 0 aromatic carbocycles. The topological polar surface area (TPSA) is 52.0 Å². The summed E-state index contributed by atoms with van der Waals surface area (Å²) in [7, 11) is 0. The summed E-state index contributed by atoms with van der Waals surface area (Å²) in [5, 5.41) is 0. The maximum atomic E-state index is 6.45. The van der Waals surface area contributed by atoms with Gasteiger partial charge in [-0.15, -0.1) is 0 Å². The van der Waals surface area contributed by atoms with Crippen LogP contribution >= 0.6 is 0 Å². The molecule has 0 radical (unpaired) electrons. The Hall–Kier alpha value is -0.0800. The van der Waals surface area contributed by atoms with Crippen LogP contribution in [0.15, 0.2) is 0 Å². The third kappa shape index (κ3) is 18.9. The highest BCUT2D eigenvalue weighted by Crippen LogP contribution is 2.48. The first-order valence-corrected chi connectivity index (χ1v) is 20.7. The van der Waals surface area contributed by atoms with E-state index in [0.29, 0.717) is 0 Å². The lowest BCUT2D eigenvalue weighted by Gasteiger charge is -2.44. The van der Waals surface area contributed by atoms with Crippen molar-refractivity contribution in [2.75, 3.05) is 6.54 Å². The average molecular weight is 619 g/mol. The molecule has 44 heavy (non-hydrogen) atoms. The molecular weight excluding hydrogens is 532 g/mol. The van der Waals surface area contributed by atoms with E-state index in [4.69, 9.17) is 11.5 Å². The van der Waals surface area contributed by atoms with Crippen LogP contribution in [0.5, 0.6) is 0 Å². The van der Waals surface area contributed by atoms with Gasteiger partial charge in [-0.2, -0.15) is 0 Å². The maximum absolute atomic E-state index is 6.45. The van der Waals surface area contributed by atoms with E-state index >= 15 is 0 Å². The molecule has 0 bridgehead atoms. The van der Waals surface area contributed by atoms with Crippen LogP contribution in [0, 0.1) is 29.1 Å². The molecular formula is C42H86N2. The van der Waals surface area contributed by atoms with Gasteiger partial charge in [0.15, 0.2) is 0 Å². The van der Waals surface area contributed by atoms with Crippen LogP contribution in [0.2, 0.25) is 0 Å². The summed E-state index contributed by atoms with van der Waals surface area (Å²) < 4.78 is 0. The van der Waals surface area contributed by atoms with Crippen molar-refractivity contribution in [3.63, 3.8) is 0 Å². The molecule has 1 aliphatic carbocycles. The number of rotatable bonds is 30. The predicted molar refractivity (Wildman–Crippen MR) is 200 cm³/mol. The first-order chi connectivity index (χ1) is 21.2. The SMILES string of the molecule is CCCCCCCCC1C(CCCCCC)CCC(CCCCCCCCN)C1CCCCCCCCC(C)(C)C(C)(C)N. The first kappa shape index (κ1) is 41.9. The minimum atomic E-state index is -0.0894. The molecule has 1 fully saturated rings.